The highest BCUT2D eigenvalue weighted by molar-refractivity contribution is 5.54. The molecule has 26 heavy (non-hydrogen) atoms. The molecule has 0 aliphatic carbocycles. The standard InChI is InChI=1S/C17H21N7O2/c1-11-19-17(23(2)21-11)24-14(8-12-6-7-26-10-12)20-16(22-24)13-4-5-15(25-3)18-9-13/h4-5,9,12H,6-8,10H2,1-3H3/t12-/m1/s1. The Morgan fingerprint density at radius 1 is 1.27 bits per heavy atom. The molecule has 0 aromatic carbocycles. The van der Waals surface area contributed by atoms with Gasteiger partial charge in [0, 0.05) is 44.5 Å². The van der Waals surface area contributed by atoms with E-state index in [2.05, 4.69) is 20.2 Å². The van der Waals surface area contributed by atoms with Crippen LogP contribution in [0.3, 0.4) is 0 Å². The molecule has 136 valence electrons. The van der Waals surface area contributed by atoms with E-state index in [1.54, 1.807) is 28.7 Å². The molecule has 0 unspecified atom stereocenters. The zero-order valence-electron chi connectivity index (χ0n) is 15.1. The number of aryl methyl sites for hydroxylation is 2. The maximum atomic E-state index is 5.51. The fraction of sp³-hybridized carbons (Fsp3) is 0.471. The van der Waals surface area contributed by atoms with Crippen molar-refractivity contribution in [2.45, 2.75) is 19.8 Å². The van der Waals surface area contributed by atoms with E-state index in [1.165, 1.54) is 0 Å². The predicted molar refractivity (Wildman–Crippen MR) is 93.1 cm³/mol. The smallest absolute Gasteiger partial charge is 0.250 e. The third-order valence-electron chi connectivity index (χ3n) is 4.41. The zero-order valence-corrected chi connectivity index (χ0v) is 15.1. The van der Waals surface area contributed by atoms with E-state index in [0.29, 0.717) is 29.4 Å². The minimum atomic E-state index is 0.439. The normalized spacial score (nSPS) is 17.0. The van der Waals surface area contributed by atoms with Crippen LogP contribution in [0.2, 0.25) is 0 Å². The Labute approximate surface area is 151 Å². The SMILES string of the molecule is COc1ccc(-c2nc(C[C@H]3CCOC3)n(-c3nc(C)nn3C)n2)cn1. The van der Waals surface area contributed by atoms with Crippen molar-refractivity contribution in [1.29, 1.82) is 0 Å². The Hall–Kier alpha value is -2.81. The van der Waals surface area contributed by atoms with Crippen LogP contribution >= 0.6 is 0 Å². The molecule has 9 nitrogen and oxygen atoms in total. The van der Waals surface area contributed by atoms with E-state index in [9.17, 15) is 0 Å². The number of hydrogen-bond acceptors (Lipinski definition) is 7. The van der Waals surface area contributed by atoms with Crippen LogP contribution in [-0.2, 0) is 18.2 Å². The molecule has 1 aliphatic heterocycles. The molecule has 1 atom stereocenters. The van der Waals surface area contributed by atoms with Gasteiger partial charge < -0.3 is 9.47 Å². The second-order valence-corrected chi connectivity index (χ2v) is 6.37. The van der Waals surface area contributed by atoms with Crippen molar-refractivity contribution < 1.29 is 9.47 Å². The number of aromatic nitrogens is 7. The molecule has 4 rings (SSSR count). The predicted octanol–water partition coefficient (Wildman–Crippen LogP) is 1.35. The fourth-order valence-electron chi connectivity index (χ4n) is 3.08. The van der Waals surface area contributed by atoms with Gasteiger partial charge in [0.2, 0.25) is 5.88 Å². The first-order valence-electron chi connectivity index (χ1n) is 8.56. The van der Waals surface area contributed by atoms with Crippen molar-refractivity contribution in [2.24, 2.45) is 13.0 Å². The minimum absolute atomic E-state index is 0.439. The van der Waals surface area contributed by atoms with Crippen LogP contribution in [0.15, 0.2) is 18.3 Å². The first-order valence-corrected chi connectivity index (χ1v) is 8.56. The summed E-state index contributed by atoms with van der Waals surface area (Å²) in [6.45, 7) is 3.42. The van der Waals surface area contributed by atoms with Gasteiger partial charge in [0.05, 0.1) is 7.11 Å². The largest absolute Gasteiger partial charge is 0.481 e. The third-order valence-corrected chi connectivity index (χ3v) is 4.41. The number of nitrogens with zero attached hydrogens (tertiary/aromatic N) is 7. The molecule has 3 aromatic heterocycles. The van der Waals surface area contributed by atoms with E-state index in [1.807, 2.05) is 20.0 Å². The summed E-state index contributed by atoms with van der Waals surface area (Å²) in [5.74, 6) is 3.79. The van der Waals surface area contributed by atoms with Crippen LogP contribution in [0.5, 0.6) is 5.88 Å². The fourth-order valence-corrected chi connectivity index (χ4v) is 3.08. The van der Waals surface area contributed by atoms with E-state index in [-0.39, 0.29) is 0 Å². The van der Waals surface area contributed by atoms with Gasteiger partial charge in [-0.25, -0.2) is 14.6 Å². The van der Waals surface area contributed by atoms with Gasteiger partial charge in [-0.05, 0) is 25.3 Å². The topological polar surface area (TPSA) is 92.8 Å². The first kappa shape index (κ1) is 16.6. The second-order valence-electron chi connectivity index (χ2n) is 6.37. The van der Waals surface area contributed by atoms with Crippen LogP contribution in [0, 0.1) is 12.8 Å². The van der Waals surface area contributed by atoms with E-state index >= 15 is 0 Å². The molecule has 3 aromatic rings. The summed E-state index contributed by atoms with van der Waals surface area (Å²) >= 11 is 0. The monoisotopic (exact) mass is 355 g/mol. The summed E-state index contributed by atoms with van der Waals surface area (Å²) in [6.07, 6.45) is 3.52. The van der Waals surface area contributed by atoms with Crippen molar-refractivity contribution in [3.8, 4) is 23.2 Å². The summed E-state index contributed by atoms with van der Waals surface area (Å²) in [6, 6.07) is 3.70. The first-order chi connectivity index (χ1) is 12.6. The van der Waals surface area contributed by atoms with E-state index < -0.39 is 0 Å². The lowest BCUT2D eigenvalue weighted by Crippen LogP contribution is -2.13. The number of hydrogen-bond donors (Lipinski definition) is 0. The van der Waals surface area contributed by atoms with Gasteiger partial charge in [-0.3, -0.25) is 0 Å². The van der Waals surface area contributed by atoms with Crippen LogP contribution in [-0.4, -0.2) is 54.8 Å². The Balaban J connectivity index is 1.74. The Morgan fingerprint density at radius 2 is 2.15 bits per heavy atom. The van der Waals surface area contributed by atoms with Gasteiger partial charge in [-0.15, -0.1) is 5.10 Å². The van der Waals surface area contributed by atoms with Crippen molar-refractivity contribution in [1.82, 2.24) is 34.5 Å². The molecule has 1 aliphatic rings. The minimum Gasteiger partial charge on any atom is -0.481 e. The average molecular weight is 355 g/mol. The highest BCUT2D eigenvalue weighted by atomic mass is 16.5. The lowest BCUT2D eigenvalue weighted by molar-refractivity contribution is 0.185. The quantitative estimate of drug-likeness (QED) is 0.682. The van der Waals surface area contributed by atoms with Gasteiger partial charge in [0.25, 0.3) is 5.95 Å². The van der Waals surface area contributed by atoms with Crippen LogP contribution in [0.25, 0.3) is 17.3 Å². The molecule has 0 spiro atoms. The average Bonchev–Trinajstić information content (AvgIpc) is 3.36. The molecule has 1 fully saturated rings. The Kier molecular flexibility index (Phi) is 4.37. The van der Waals surface area contributed by atoms with Gasteiger partial charge in [0.1, 0.15) is 11.6 Å². The van der Waals surface area contributed by atoms with Crippen LogP contribution in [0.4, 0.5) is 0 Å². The highest BCUT2D eigenvalue weighted by Gasteiger charge is 2.23. The molecule has 0 saturated carbocycles. The molecular weight excluding hydrogens is 334 g/mol. The lowest BCUT2D eigenvalue weighted by atomic mass is 10.1. The van der Waals surface area contributed by atoms with Crippen molar-refractivity contribution in [3.63, 3.8) is 0 Å². The van der Waals surface area contributed by atoms with Gasteiger partial charge in [-0.1, -0.05) is 0 Å². The number of ether oxygens (including phenoxy) is 2. The van der Waals surface area contributed by atoms with Gasteiger partial charge in [-0.2, -0.15) is 14.8 Å². The second kappa shape index (κ2) is 6.83. The Bertz CT molecular complexity index is 894. The number of rotatable bonds is 5. The van der Waals surface area contributed by atoms with E-state index in [4.69, 9.17) is 14.5 Å². The van der Waals surface area contributed by atoms with E-state index in [0.717, 1.165) is 37.4 Å². The van der Waals surface area contributed by atoms with Crippen molar-refractivity contribution in [2.75, 3.05) is 20.3 Å². The van der Waals surface area contributed by atoms with Crippen molar-refractivity contribution in [3.05, 3.63) is 30.0 Å². The molecule has 0 radical (unpaired) electrons. The molecule has 0 bridgehead atoms. The summed E-state index contributed by atoms with van der Waals surface area (Å²) in [4.78, 5) is 13.5. The van der Waals surface area contributed by atoms with Crippen LogP contribution in [0.1, 0.15) is 18.1 Å². The molecule has 0 N–H and O–H groups in total. The summed E-state index contributed by atoms with van der Waals surface area (Å²) in [5.41, 5.74) is 0.826. The third kappa shape index (κ3) is 3.17. The summed E-state index contributed by atoms with van der Waals surface area (Å²) in [5, 5.41) is 9.01. The summed E-state index contributed by atoms with van der Waals surface area (Å²) < 4.78 is 14.1. The molecular formula is C17H21N7O2. The molecule has 9 heteroatoms. The van der Waals surface area contributed by atoms with Gasteiger partial charge in [0.15, 0.2) is 5.82 Å². The number of methoxy groups -OCH3 is 1. The highest BCUT2D eigenvalue weighted by Crippen LogP contribution is 2.23. The van der Waals surface area contributed by atoms with Crippen LogP contribution < -0.4 is 4.74 Å². The molecule has 4 heterocycles. The van der Waals surface area contributed by atoms with Gasteiger partial charge >= 0.3 is 0 Å². The Morgan fingerprint density at radius 3 is 2.77 bits per heavy atom. The molecule has 1 saturated heterocycles. The number of pyridine rings is 1. The van der Waals surface area contributed by atoms with Crippen molar-refractivity contribution >= 4 is 0 Å². The summed E-state index contributed by atoms with van der Waals surface area (Å²) in [7, 11) is 3.45. The lowest BCUT2D eigenvalue weighted by Gasteiger charge is -2.07. The maximum Gasteiger partial charge on any atom is 0.250 e. The molecule has 0 amide bonds. The zero-order chi connectivity index (χ0) is 18.1. The maximum absolute atomic E-state index is 5.51.